The number of hydrogen-bond donors (Lipinski definition) is 0. The molecule has 0 spiro atoms. The van der Waals surface area contributed by atoms with E-state index in [4.69, 9.17) is 0 Å². The molecule has 0 heterocycles. The fourth-order valence-electron chi connectivity index (χ4n) is 1.31. The van der Waals surface area contributed by atoms with E-state index in [1.54, 1.807) is 0 Å². The average Bonchev–Trinajstić information content (AvgIpc) is 2.03. The van der Waals surface area contributed by atoms with Crippen LogP contribution >= 0.6 is 0 Å². The Morgan fingerprint density at radius 1 is 1.10 bits per heavy atom. The largest absolute Gasteiger partial charge is 0.166 e. The Morgan fingerprint density at radius 3 is 2.40 bits per heavy atom. The molecule has 0 aliphatic heterocycles. The van der Waals surface area contributed by atoms with Gasteiger partial charge in [-0.2, -0.15) is 5.11 Å². The molecule has 1 saturated carbocycles. The van der Waals surface area contributed by atoms with Crippen molar-refractivity contribution in [2.75, 3.05) is 0 Å². The van der Waals surface area contributed by atoms with E-state index in [1.165, 1.54) is 32.1 Å². The lowest BCUT2D eigenvalue weighted by Gasteiger charge is -2.14. The molecule has 0 saturated heterocycles. The van der Waals surface area contributed by atoms with Crippen LogP contribution in [-0.4, -0.2) is 12.8 Å². The minimum absolute atomic E-state index is 0.430. The van der Waals surface area contributed by atoms with Crippen molar-refractivity contribution in [2.24, 2.45) is 15.4 Å². The molecule has 3 nitrogen and oxygen atoms in total. The zero-order valence-electron chi connectivity index (χ0n) is 6.16. The maximum absolute atomic E-state index is 4.00. The summed E-state index contributed by atoms with van der Waals surface area (Å²) >= 11 is 0. The number of nitrogens with zero attached hydrogens (tertiary/aromatic N) is 3. The van der Waals surface area contributed by atoms with Gasteiger partial charge in [-0.15, -0.1) is 5.10 Å². The van der Waals surface area contributed by atoms with Crippen molar-refractivity contribution >= 4 is 6.72 Å². The molecule has 10 heavy (non-hydrogen) atoms. The third kappa shape index (κ3) is 2.25. The van der Waals surface area contributed by atoms with Crippen LogP contribution in [0.1, 0.15) is 32.1 Å². The van der Waals surface area contributed by atoms with Gasteiger partial charge < -0.3 is 0 Å². The van der Waals surface area contributed by atoms with Crippen LogP contribution in [0.4, 0.5) is 0 Å². The molecule has 0 aromatic rings. The smallest absolute Gasteiger partial charge is 0.0730 e. The second-order valence-electron chi connectivity index (χ2n) is 2.64. The molecule has 1 aliphatic rings. The molecular formula is C7H13N3. The molecule has 0 radical (unpaired) electrons. The highest BCUT2D eigenvalue weighted by atomic mass is 15.4. The number of rotatable bonds is 2. The second kappa shape index (κ2) is 4.14. The lowest BCUT2D eigenvalue weighted by Crippen LogP contribution is -2.08. The van der Waals surface area contributed by atoms with Gasteiger partial charge in [-0.3, -0.25) is 0 Å². The summed E-state index contributed by atoms with van der Waals surface area (Å²) in [5.74, 6) is 0. The summed E-state index contributed by atoms with van der Waals surface area (Å²) in [5, 5.41) is 10.9. The summed E-state index contributed by atoms with van der Waals surface area (Å²) in [6.07, 6.45) is 6.30. The first-order valence-electron chi connectivity index (χ1n) is 3.79. The summed E-state index contributed by atoms with van der Waals surface area (Å²) < 4.78 is 0. The summed E-state index contributed by atoms with van der Waals surface area (Å²) in [6, 6.07) is 0.430. The summed E-state index contributed by atoms with van der Waals surface area (Å²) in [5.41, 5.74) is 0. The van der Waals surface area contributed by atoms with Gasteiger partial charge >= 0.3 is 0 Å². The van der Waals surface area contributed by atoms with Gasteiger partial charge in [0, 0.05) is 6.72 Å². The first-order chi connectivity index (χ1) is 4.93. The Kier molecular flexibility index (Phi) is 3.06. The van der Waals surface area contributed by atoms with Gasteiger partial charge in [0.25, 0.3) is 0 Å². The molecule has 0 amide bonds. The fourth-order valence-corrected chi connectivity index (χ4v) is 1.31. The minimum atomic E-state index is 0.430. The highest BCUT2D eigenvalue weighted by Crippen LogP contribution is 2.20. The third-order valence-electron chi connectivity index (χ3n) is 1.85. The predicted octanol–water partition coefficient (Wildman–Crippen LogP) is 2.39. The van der Waals surface area contributed by atoms with E-state index in [0.717, 1.165) is 0 Å². The van der Waals surface area contributed by atoms with E-state index in [-0.39, 0.29) is 0 Å². The lowest BCUT2D eigenvalue weighted by atomic mass is 9.96. The molecule has 0 N–H and O–H groups in total. The van der Waals surface area contributed by atoms with Crippen LogP contribution in [0.25, 0.3) is 0 Å². The maximum atomic E-state index is 4.00. The summed E-state index contributed by atoms with van der Waals surface area (Å²) in [6.45, 7) is 3.23. The summed E-state index contributed by atoms with van der Waals surface area (Å²) in [4.78, 5) is 0. The van der Waals surface area contributed by atoms with Gasteiger partial charge in [0.15, 0.2) is 0 Å². The van der Waals surface area contributed by atoms with E-state index in [2.05, 4.69) is 22.2 Å². The van der Waals surface area contributed by atoms with Gasteiger partial charge in [0.05, 0.1) is 6.04 Å². The average molecular weight is 139 g/mol. The Balaban J connectivity index is 2.25. The fraction of sp³-hybridized carbons (Fsp3) is 0.857. The molecule has 3 heteroatoms. The van der Waals surface area contributed by atoms with Crippen molar-refractivity contribution in [3.8, 4) is 0 Å². The molecule has 56 valence electrons. The topological polar surface area (TPSA) is 37.1 Å². The molecule has 1 aliphatic carbocycles. The Bertz CT molecular complexity index is 125. The van der Waals surface area contributed by atoms with Gasteiger partial charge in [0.1, 0.15) is 0 Å². The van der Waals surface area contributed by atoms with Crippen LogP contribution in [0.5, 0.6) is 0 Å². The standard InChI is InChI=1S/C7H13N3/c1-8-10-9-7-5-3-2-4-6-7/h7H,1-6H2. The molecule has 0 aromatic carbocycles. The van der Waals surface area contributed by atoms with Crippen molar-refractivity contribution in [2.45, 2.75) is 38.1 Å². The normalized spacial score (nSPS) is 21.6. The zero-order valence-corrected chi connectivity index (χ0v) is 6.16. The first kappa shape index (κ1) is 7.38. The zero-order chi connectivity index (χ0) is 7.23. The van der Waals surface area contributed by atoms with E-state index < -0.39 is 0 Å². The molecule has 0 bridgehead atoms. The maximum Gasteiger partial charge on any atom is 0.0730 e. The predicted molar refractivity (Wildman–Crippen MR) is 41.3 cm³/mol. The lowest BCUT2D eigenvalue weighted by molar-refractivity contribution is 0.429. The van der Waals surface area contributed by atoms with Crippen molar-refractivity contribution in [1.82, 2.24) is 0 Å². The van der Waals surface area contributed by atoms with Crippen molar-refractivity contribution in [3.05, 3.63) is 0 Å². The van der Waals surface area contributed by atoms with E-state index in [1.807, 2.05) is 0 Å². The summed E-state index contributed by atoms with van der Waals surface area (Å²) in [7, 11) is 0. The van der Waals surface area contributed by atoms with E-state index >= 15 is 0 Å². The van der Waals surface area contributed by atoms with Crippen LogP contribution in [0.3, 0.4) is 0 Å². The van der Waals surface area contributed by atoms with Crippen molar-refractivity contribution < 1.29 is 0 Å². The molecule has 1 fully saturated rings. The van der Waals surface area contributed by atoms with E-state index in [9.17, 15) is 0 Å². The highest BCUT2D eigenvalue weighted by molar-refractivity contribution is 5.22. The third-order valence-corrected chi connectivity index (χ3v) is 1.85. The molecular weight excluding hydrogens is 126 g/mol. The van der Waals surface area contributed by atoms with Crippen LogP contribution in [-0.2, 0) is 0 Å². The SMILES string of the molecule is C=NN=NC1CCCCC1. The molecule has 0 unspecified atom stereocenters. The molecule has 0 aromatic heterocycles. The van der Waals surface area contributed by atoms with Gasteiger partial charge in [-0.05, 0) is 18.1 Å². The van der Waals surface area contributed by atoms with Crippen molar-refractivity contribution in [3.63, 3.8) is 0 Å². The Morgan fingerprint density at radius 2 is 1.80 bits per heavy atom. The quantitative estimate of drug-likeness (QED) is 0.320. The number of hydrogen-bond acceptors (Lipinski definition) is 2. The van der Waals surface area contributed by atoms with Crippen molar-refractivity contribution in [1.29, 1.82) is 0 Å². The van der Waals surface area contributed by atoms with Gasteiger partial charge in [0.2, 0.25) is 0 Å². The first-order valence-corrected chi connectivity index (χ1v) is 3.79. The van der Waals surface area contributed by atoms with E-state index in [0.29, 0.717) is 6.04 Å². The molecule has 0 atom stereocenters. The van der Waals surface area contributed by atoms with Crippen LogP contribution < -0.4 is 0 Å². The van der Waals surface area contributed by atoms with Gasteiger partial charge in [-0.1, -0.05) is 19.3 Å². The highest BCUT2D eigenvalue weighted by Gasteiger charge is 2.11. The Labute approximate surface area is 61.2 Å². The van der Waals surface area contributed by atoms with Crippen LogP contribution in [0.2, 0.25) is 0 Å². The minimum Gasteiger partial charge on any atom is -0.166 e. The Hall–Kier alpha value is -0.730. The van der Waals surface area contributed by atoms with Gasteiger partial charge in [-0.25, -0.2) is 0 Å². The molecule has 1 rings (SSSR count). The monoisotopic (exact) mass is 139 g/mol. The van der Waals surface area contributed by atoms with Crippen LogP contribution in [0, 0.1) is 0 Å². The second-order valence-corrected chi connectivity index (χ2v) is 2.64. The van der Waals surface area contributed by atoms with Crippen LogP contribution in [0.15, 0.2) is 15.4 Å².